The smallest absolute Gasteiger partial charge is 0.328 e. The van der Waals surface area contributed by atoms with E-state index in [1.54, 1.807) is 11.6 Å². The van der Waals surface area contributed by atoms with E-state index in [2.05, 4.69) is 10.3 Å². The second kappa shape index (κ2) is 5.13. The highest BCUT2D eigenvalue weighted by Crippen LogP contribution is 2.02. The van der Waals surface area contributed by atoms with Crippen molar-refractivity contribution in [2.45, 2.75) is 6.54 Å². The number of carbonyl (C=O) groups is 2. The fraction of sp³-hybridized carbons (Fsp3) is 0.125. The zero-order valence-electron chi connectivity index (χ0n) is 7.14. The largest absolute Gasteiger partial charge is 0.478 e. The van der Waals surface area contributed by atoms with E-state index < -0.39 is 11.9 Å². The molecule has 74 valence electrons. The number of nitrogens with one attached hydrogen (secondary N) is 1. The lowest BCUT2D eigenvalue weighted by Crippen LogP contribution is -2.20. The molecule has 0 aliphatic heterocycles. The van der Waals surface area contributed by atoms with Crippen LogP contribution in [0.25, 0.3) is 0 Å². The maximum absolute atomic E-state index is 11.0. The Labute approximate surface area is 84.1 Å². The molecule has 1 amide bonds. The van der Waals surface area contributed by atoms with Crippen LogP contribution in [-0.2, 0) is 16.1 Å². The number of rotatable bonds is 4. The molecule has 0 aliphatic rings. The molecule has 6 heteroatoms. The van der Waals surface area contributed by atoms with Crippen LogP contribution in [0.3, 0.4) is 0 Å². The van der Waals surface area contributed by atoms with Gasteiger partial charge in [-0.25, -0.2) is 9.78 Å². The van der Waals surface area contributed by atoms with E-state index in [1.807, 2.05) is 0 Å². The molecule has 0 atom stereocenters. The minimum Gasteiger partial charge on any atom is -0.478 e. The van der Waals surface area contributed by atoms with E-state index in [0.717, 1.165) is 17.2 Å². The summed E-state index contributed by atoms with van der Waals surface area (Å²) in [4.78, 5) is 25.0. The van der Waals surface area contributed by atoms with Crippen LogP contribution in [0.2, 0.25) is 0 Å². The number of hydrogen-bond donors (Lipinski definition) is 2. The van der Waals surface area contributed by atoms with E-state index in [-0.39, 0.29) is 0 Å². The van der Waals surface area contributed by atoms with Crippen molar-refractivity contribution in [1.29, 1.82) is 0 Å². The van der Waals surface area contributed by atoms with Gasteiger partial charge in [0.2, 0.25) is 5.91 Å². The lowest BCUT2D eigenvalue weighted by molar-refractivity contribution is -0.131. The van der Waals surface area contributed by atoms with Gasteiger partial charge in [0.15, 0.2) is 0 Å². The lowest BCUT2D eigenvalue weighted by atomic mass is 10.4. The van der Waals surface area contributed by atoms with Crippen molar-refractivity contribution in [3.63, 3.8) is 0 Å². The molecule has 5 nitrogen and oxygen atoms in total. The van der Waals surface area contributed by atoms with Gasteiger partial charge in [0.05, 0.1) is 6.54 Å². The molecule has 0 fully saturated rings. The van der Waals surface area contributed by atoms with Crippen molar-refractivity contribution in [1.82, 2.24) is 10.3 Å². The molecule has 14 heavy (non-hydrogen) atoms. The number of amides is 1. The van der Waals surface area contributed by atoms with E-state index in [4.69, 9.17) is 5.11 Å². The minimum absolute atomic E-state index is 0.320. The van der Waals surface area contributed by atoms with Crippen molar-refractivity contribution in [3.8, 4) is 0 Å². The van der Waals surface area contributed by atoms with Gasteiger partial charge < -0.3 is 10.4 Å². The van der Waals surface area contributed by atoms with E-state index in [1.165, 1.54) is 11.3 Å². The maximum Gasteiger partial charge on any atom is 0.328 e. The van der Waals surface area contributed by atoms with Gasteiger partial charge in [-0.15, -0.1) is 11.3 Å². The summed E-state index contributed by atoms with van der Waals surface area (Å²) in [6.45, 7) is 0.320. The van der Waals surface area contributed by atoms with Crippen LogP contribution in [0.5, 0.6) is 0 Å². The average Bonchev–Trinajstić information content (AvgIpc) is 2.63. The summed E-state index contributed by atoms with van der Waals surface area (Å²) in [5.41, 5.74) is 0. The van der Waals surface area contributed by atoms with Crippen LogP contribution in [0.15, 0.2) is 23.7 Å². The molecule has 0 saturated heterocycles. The molecule has 1 aromatic rings. The maximum atomic E-state index is 11.0. The van der Waals surface area contributed by atoms with Gasteiger partial charge in [-0.2, -0.15) is 0 Å². The molecule has 1 heterocycles. The predicted octanol–water partition coefficient (Wildman–Crippen LogP) is 0.400. The summed E-state index contributed by atoms with van der Waals surface area (Å²) in [6.07, 6.45) is 3.40. The van der Waals surface area contributed by atoms with Crippen molar-refractivity contribution in [2.75, 3.05) is 0 Å². The van der Waals surface area contributed by atoms with Crippen LogP contribution < -0.4 is 5.32 Å². The van der Waals surface area contributed by atoms with Crippen molar-refractivity contribution >= 4 is 23.2 Å². The fourth-order valence-electron chi connectivity index (χ4n) is 0.709. The van der Waals surface area contributed by atoms with Crippen LogP contribution >= 0.6 is 11.3 Å². The second-order valence-corrected chi connectivity index (χ2v) is 3.29. The fourth-order valence-corrected chi connectivity index (χ4v) is 1.26. The second-order valence-electron chi connectivity index (χ2n) is 2.32. The summed E-state index contributed by atoms with van der Waals surface area (Å²) in [5.74, 6) is -1.59. The predicted molar refractivity (Wildman–Crippen MR) is 50.7 cm³/mol. The molecule has 0 saturated carbocycles. The van der Waals surface area contributed by atoms with Crippen LogP contribution in [0.1, 0.15) is 5.01 Å². The molecular formula is C8H8N2O3S. The standard InChI is InChI=1S/C8H8N2O3S/c11-6(1-2-8(12)13)10-5-7-9-3-4-14-7/h1-4H,5H2,(H,10,11)(H,12,13). The number of thiazole rings is 1. The van der Waals surface area contributed by atoms with Gasteiger partial charge in [-0.05, 0) is 0 Å². The number of aliphatic carboxylic acids is 1. The number of hydrogen-bond acceptors (Lipinski definition) is 4. The van der Waals surface area contributed by atoms with Crippen molar-refractivity contribution in [3.05, 3.63) is 28.7 Å². The van der Waals surface area contributed by atoms with Crippen molar-refractivity contribution in [2.24, 2.45) is 0 Å². The summed E-state index contributed by atoms with van der Waals surface area (Å²) >= 11 is 1.42. The lowest BCUT2D eigenvalue weighted by Gasteiger charge is -1.96. The molecule has 1 aromatic heterocycles. The molecule has 0 unspecified atom stereocenters. The van der Waals surface area contributed by atoms with Gasteiger partial charge in [0, 0.05) is 23.7 Å². The first-order chi connectivity index (χ1) is 6.68. The Morgan fingerprint density at radius 2 is 2.36 bits per heavy atom. The van der Waals surface area contributed by atoms with Gasteiger partial charge in [-0.3, -0.25) is 4.79 Å². The van der Waals surface area contributed by atoms with Gasteiger partial charge in [-0.1, -0.05) is 0 Å². The van der Waals surface area contributed by atoms with Crippen molar-refractivity contribution < 1.29 is 14.7 Å². The normalized spacial score (nSPS) is 10.3. The first-order valence-corrected chi connectivity index (χ1v) is 4.63. The molecule has 0 spiro atoms. The van der Waals surface area contributed by atoms with Crippen LogP contribution in [-0.4, -0.2) is 22.0 Å². The summed E-state index contributed by atoms with van der Waals surface area (Å²) in [5, 5.41) is 13.3. The zero-order valence-corrected chi connectivity index (χ0v) is 7.95. The Morgan fingerprint density at radius 3 is 2.93 bits per heavy atom. The number of carboxylic acids is 1. The number of carbonyl (C=O) groups excluding carboxylic acids is 1. The molecule has 1 rings (SSSR count). The third kappa shape index (κ3) is 3.81. The number of aromatic nitrogens is 1. The zero-order chi connectivity index (χ0) is 10.4. The molecule has 0 bridgehead atoms. The highest BCUT2D eigenvalue weighted by Gasteiger charge is 1.98. The third-order valence-electron chi connectivity index (χ3n) is 1.27. The molecule has 2 N–H and O–H groups in total. The number of nitrogens with zero attached hydrogens (tertiary/aromatic N) is 1. The van der Waals surface area contributed by atoms with Gasteiger partial charge >= 0.3 is 5.97 Å². The number of carboxylic acid groups (broad SMARTS) is 1. The van der Waals surface area contributed by atoms with Crippen LogP contribution in [0.4, 0.5) is 0 Å². The Morgan fingerprint density at radius 1 is 1.57 bits per heavy atom. The molecule has 0 aromatic carbocycles. The summed E-state index contributed by atoms with van der Waals surface area (Å²) in [6, 6.07) is 0. The van der Waals surface area contributed by atoms with Gasteiger partial charge in [0.25, 0.3) is 0 Å². The Hall–Kier alpha value is -1.69. The summed E-state index contributed by atoms with van der Waals surface area (Å²) < 4.78 is 0. The monoisotopic (exact) mass is 212 g/mol. The molecule has 0 radical (unpaired) electrons. The molecule has 0 aliphatic carbocycles. The third-order valence-corrected chi connectivity index (χ3v) is 2.05. The Balaban J connectivity index is 2.32. The highest BCUT2D eigenvalue weighted by molar-refractivity contribution is 7.09. The van der Waals surface area contributed by atoms with E-state index in [9.17, 15) is 9.59 Å². The van der Waals surface area contributed by atoms with E-state index in [0.29, 0.717) is 6.54 Å². The Kier molecular flexibility index (Phi) is 3.81. The SMILES string of the molecule is O=C(O)C=CC(=O)NCc1nccs1. The van der Waals surface area contributed by atoms with Crippen LogP contribution in [0, 0.1) is 0 Å². The Bertz CT molecular complexity index is 345. The first kappa shape index (κ1) is 10.4. The first-order valence-electron chi connectivity index (χ1n) is 3.75. The highest BCUT2D eigenvalue weighted by atomic mass is 32.1. The summed E-state index contributed by atoms with van der Waals surface area (Å²) in [7, 11) is 0. The topological polar surface area (TPSA) is 79.3 Å². The molecular weight excluding hydrogens is 204 g/mol. The van der Waals surface area contributed by atoms with Gasteiger partial charge in [0.1, 0.15) is 5.01 Å². The quantitative estimate of drug-likeness (QED) is 0.708. The van der Waals surface area contributed by atoms with E-state index >= 15 is 0 Å². The minimum atomic E-state index is -1.14. The average molecular weight is 212 g/mol.